The number of nitrogens with one attached hydrogen (secondary N) is 1. The summed E-state index contributed by atoms with van der Waals surface area (Å²) in [5.41, 5.74) is -2.34. The number of carbonyl (C=O) groups excluding carboxylic acids is 1. The second kappa shape index (κ2) is 4.84. The van der Waals surface area contributed by atoms with Crippen molar-refractivity contribution in [2.24, 2.45) is 0 Å². The first kappa shape index (κ1) is 14.6. The third kappa shape index (κ3) is 2.82. The highest BCUT2D eigenvalue weighted by atomic mass is 19.4. The maximum absolute atomic E-state index is 13.0. The lowest BCUT2D eigenvalue weighted by Crippen LogP contribution is -2.29. The molecule has 8 heteroatoms. The van der Waals surface area contributed by atoms with Gasteiger partial charge in [-0.3, -0.25) is 4.79 Å². The number of aromatic nitrogens is 1. The fourth-order valence-corrected chi connectivity index (χ4v) is 1.96. The molecule has 116 valence electrons. The summed E-state index contributed by atoms with van der Waals surface area (Å²) < 4.78 is 43.9. The van der Waals surface area contributed by atoms with Crippen LogP contribution in [0.15, 0.2) is 35.2 Å². The largest absolute Gasteiger partial charge is 0.444 e. The molecule has 0 saturated heterocycles. The zero-order valence-corrected chi connectivity index (χ0v) is 11.1. The van der Waals surface area contributed by atoms with Gasteiger partial charge < -0.3 is 14.8 Å². The second-order valence-corrected chi connectivity index (χ2v) is 5.15. The van der Waals surface area contributed by atoms with E-state index >= 15 is 0 Å². The first-order valence-electron chi connectivity index (χ1n) is 6.43. The highest BCUT2D eigenvalue weighted by molar-refractivity contribution is 5.99. The lowest BCUT2D eigenvalue weighted by molar-refractivity contribution is -0.137. The van der Waals surface area contributed by atoms with Gasteiger partial charge in [0.05, 0.1) is 11.8 Å². The van der Waals surface area contributed by atoms with E-state index in [0.717, 1.165) is 18.5 Å². The molecular weight excluding hydrogens is 301 g/mol. The minimum atomic E-state index is -4.58. The van der Waals surface area contributed by atoms with E-state index in [-0.39, 0.29) is 17.0 Å². The Kier molecular flexibility index (Phi) is 3.21. The van der Waals surface area contributed by atoms with Crippen LogP contribution in [0.3, 0.4) is 0 Å². The van der Waals surface area contributed by atoms with Crippen molar-refractivity contribution in [3.05, 3.63) is 36.4 Å². The van der Waals surface area contributed by atoms with Crippen molar-refractivity contribution in [2.45, 2.75) is 24.6 Å². The van der Waals surface area contributed by atoms with Gasteiger partial charge >= 0.3 is 6.18 Å². The van der Waals surface area contributed by atoms with Gasteiger partial charge in [-0.05, 0) is 31.0 Å². The highest BCUT2D eigenvalue weighted by Gasteiger charge is 2.48. The number of benzene rings is 1. The van der Waals surface area contributed by atoms with Crippen molar-refractivity contribution in [3.63, 3.8) is 0 Å². The summed E-state index contributed by atoms with van der Waals surface area (Å²) in [6, 6.07) is 3.05. The average molecular weight is 312 g/mol. The van der Waals surface area contributed by atoms with Crippen molar-refractivity contribution in [1.29, 1.82) is 0 Å². The number of rotatable bonds is 3. The predicted molar refractivity (Wildman–Crippen MR) is 69.8 cm³/mol. The SMILES string of the molecule is O=C(Nc1cc(-c2cnco2)cc(C(F)(F)F)c1)C1(O)CC1. The molecule has 0 aliphatic heterocycles. The monoisotopic (exact) mass is 312 g/mol. The summed E-state index contributed by atoms with van der Waals surface area (Å²) in [5.74, 6) is -0.568. The number of hydrogen-bond donors (Lipinski definition) is 2. The molecule has 22 heavy (non-hydrogen) atoms. The van der Waals surface area contributed by atoms with Gasteiger partial charge in [0.1, 0.15) is 5.60 Å². The molecule has 1 aliphatic rings. The molecule has 1 saturated carbocycles. The Morgan fingerprint density at radius 3 is 2.59 bits per heavy atom. The summed E-state index contributed by atoms with van der Waals surface area (Å²) in [5, 5.41) is 12.0. The van der Waals surface area contributed by atoms with E-state index in [9.17, 15) is 23.1 Å². The second-order valence-electron chi connectivity index (χ2n) is 5.15. The van der Waals surface area contributed by atoms with Gasteiger partial charge in [0, 0.05) is 11.3 Å². The molecule has 2 N–H and O–H groups in total. The zero-order valence-electron chi connectivity index (χ0n) is 11.1. The standard InChI is InChI=1S/C14H11F3N2O3/c15-14(16,17)9-3-8(11-6-18-7-22-11)4-10(5-9)19-12(20)13(21)1-2-13/h3-7,21H,1-2H2,(H,19,20). The Morgan fingerprint density at radius 1 is 1.32 bits per heavy atom. The lowest BCUT2D eigenvalue weighted by atomic mass is 10.1. The van der Waals surface area contributed by atoms with Crippen LogP contribution in [0.5, 0.6) is 0 Å². The summed E-state index contributed by atoms with van der Waals surface area (Å²) in [7, 11) is 0. The van der Waals surface area contributed by atoms with Gasteiger partial charge in [0.2, 0.25) is 0 Å². The number of carbonyl (C=O) groups is 1. The van der Waals surface area contributed by atoms with Crippen LogP contribution in [-0.2, 0) is 11.0 Å². The maximum atomic E-state index is 13.0. The number of alkyl halides is 3. The fourth-order valence-electron chi connectivity index (χ4n) is 1.96. The van der Waals surface area contributed by atoms with E-state index in [1.807, 2.05) is 0 Å². The van der Waals surface area contributed by atoms with Crippen LogP contribution in [0.1, 0.15) is 18.4 Å². The number of aliphatic hydroxyl groups is 1. The Morgan fingerprint density at radius 2 is 2.05 bits per heavy atom. The molecule has 0 atom stereocenters. The quantitative estimate of drug-likeness (QED) is 0.914. The molecule has 2 aromatic rings. The van der Waals surface area contributed by atoms with Gasteiger partial charge in [-0.2, -0.15) is 13.2 Å². The van der Waals surface area contributed by atoms with Crippen LogP contribution in [-0.4, -0.2) is 21.6 Å². The van der Waals surface area contributed by atoms with E-state index in [1.165, 1.54) is 12.3 Å². The molecule has 1 fully saturated rings. The molecular formula is C14H11F3N2O3. The topological polar surface area (TPSA) is 75.4 Å². The summed E-state index contributed by atoms with van der Waals surface area (Å²) >= 11 is 0. The van der Waals surface area contributed by atoms with E-state index in [1.54, 1.807) is 0 Å². The number of oxazole rings is 1. The van der Waals surface area contributed by atoms with Gasteiger partial charge in [0.15, 0.2) is 12.2 Å². The van der Waals surface area contributed by atoms with Crippen LogP contribution >= 0.6 is 0 Å². The van der Waals surface area contributed by atoms with Crippen LogP contribution < -0.4 is 5.32 Å². The molecule has 3 rings (SSSR count). The van der Waals surface area contributed by atoms with Gasteiger partial charge in [-0.1, -0.05) is 0 Å². The molecule has 1 amide bonds. The first-order valence-corrected chi connectivity index (χ1v) is 6.43. The average Bonchev–Trinajstić information content (AvgIpc) is 3.00. The summed E-state index contributed by atoms with van der Waals surface area (Å²) in [4.78, 5) is 15.4. The van der Waals surface area contributed by atoms with Crippen LogP contribution in [0.2, 0.25) is 0 Å². The van der Waals surface area contributed by atoms with Crippen molar-refractivity contribution >= 4 is 11.6 Å². The maximum Gasteiger partial charge on any atom is 0.416 e. The normalized spacial score (nSPS) is 16.4. The number of nitrogens with zero attached hydrogens (tertiary/aromatic N) is 1. The molecule has 1 aromatic heterocycles. The molecule has 0 radical (unpaired) electrons. The molecule has 1 heterocycles. The Labute approximate surface area is 122 Å². The summed E-state index contributed by atoms with van der Waals surface area (Å²) in [6.07, 6.45) is -1.61. The Bertz CT molecular complexity index is 707. The predicted octanol–water partition coefficient (Wildman–Crippen LogP) is 2.82. The molecule has 0 spiro atoms. The van der Waals surface area contributed by atoms with Crippen LogP contribution in [0.4, 0.5) is 18.9 Å². The van der Waals surface area contributed by atoms with Crippen LogP contribution in [0.25, 0.3) is 11.3 Å². The molecule has 5 nitrogen and oxygen atoms in total. The Hall–Kier alpha value is -2.35. The number of amides is 1. The van der Waals surface area contributed by atoms with Gasteiger partial charge in [-0.15, -0.1) is 0 Å². The van der Waals surface area contributed by atoms with Gasteiger partial charge in [-0.25, -0.2) is 4.98 Å². The smallest absolute Gasteiger partial charge is 0.416 e. The van der Waals surface area contributed by atoms with Crippen molar-refractivity contribution in [2.75, 3.05) is 5.32 Å². The zero-order chi connectivity index (χ0) is 16.0. The Balaban J connectivity index is 1.98. The fraction of sp³-hybridized carbons (Fsp3) is 0.286. The van der Waals surface area contributed by atoms with Crippen LogP contribution in [0, 0.1) is 0 Å². The molecule has 0 bridgehead atoms. The minimum absolute atomic E-state index is 0.0634. The van der Waals surface area contributed by atoms with Crippen molar-refractivity contribution < 1.29 is 27.5 Å². The van der Waals surface area contributed by atoms with E-state index in [4.69, 9.17) is 4.42 Å². The first-order chi connectivity index (χ1) is 10.3. The minimum Gasteiger partial charge on any atom is -0.444 e. The molecule has 1 aliphatic carbocycles. The number of halogens is 3. The van der Waals surface area contributed by atoms with Crippen molar-refractivity contribution in [1.82, 2.24) is 4.98 Å². The molecule has 0 unspecified atom stereocenters. The third-order valence-corrected chi connectivity index (χ3v) is 3.38. The van der Waals surface area contributed by atoms with Gasteiger partial charge in [0.25, 0.3) is 5.91 Å². The number of hydrogen-bond acceptors (Lipinski definition) is 4. The third-order valence-electron chi connectivity index (χ3n) is 3.38. The highest BCUT2D eigenvalue weighted by Crippen LogP contribution is 2.38. The summed E-state index contributed by atoms with van der Waals surface area (Å²) in [6.45, 7) is 0. The van der Waals surface area contributed by atoms with E-state index in [0.29, 0.717) is 12.8 Å². The number of anilines is 1. The van der Waals surface area contributed by atoms with E-state index in [2.05, 4.69) is 10.3 Å². The van der Waals surface area contributed by atoms with Crippen molar-refractivity contribution in [3.8, 4) is 11.3 Å². The lowest BCUT2D eigenvalue weighted by Gasteiger charge is -2.13. The molecule has 1 aromatic carbocycles. The van der Waals surface area contributed by atoms with E-state index < -0.39 is 23.2 Å².